The highest BCUT2D eigenvalue weighted by molar-refractivity contribution is 5.78. The van der Waals surface area contributed by atoms with Crippen molar-refractivity contribution in [2.75, 3.05) is 5.32 Å². The van der Waals surface area contributed by atoms with Crippen LogP contribution in [0.1, 0.15) is 26.3 Å². The minimum absolute atomic E-state index is 0.0115. The molecule has 0 unspecified atom stereocenters. The van der Waals surface area contributed by atoms with Gasteiger partial charge in [0, 0.05) is 5.54 Å². The molecule has 0 aliphatic carbocycles. The summed E-state index contributed by atoms with van der Waals surface area (Å²) in [6, 6.07) is 2.63. The van der Waals surface area contributed by atoms with Crippen LogP contribution in [0, 0.1) is 0 Å². The second-order valence-corrected chi connectivity index (χ2v) is 5.41. The number of hydrogen-bond donors (Lipinski definition) is 1. The van der Waals surface area contributed by atoms with E-state index in [-0.39, 0.29) is 16.9 Å². The van der Waals surface area contributed by atoms with Crippen molar-refractivity contribution >= 4 is 16.9 Å². The highest BCUT2D eigenvalue weighted by Gasteiger charge is 2.31. The molecular weight excluding hydrogens is 273 g/mol. The van der Waals surface area contributed by atoms with E-state index >= 15 is 0 Å². The fourth-order valence-corrected chi connectivity index (χ4v) is 1.62. The quantitative estimate of drug-likeness (QED) is 0.872. The number of nitrogens with zero attached hydrogens (tertiary/aromatic N) is 1. The van der Waals surface area contributed by atoms with Gasteiger partial charge >= 0.3 is 11.8 Å². The second-order valence-electron chi connectivity index (χ2n) is 5.41. The van der Waals surface area contributed by atoms with Crippen molar-refractivity contribution < 1.29 is 17.6 Å². The Labute approximate surface area is 112 Å². The first-order valence-electron chi connectivity index (χ1n) is 5.86. The summed E-state index contributed by atoms with van der Waals surface area (Å²) in [4.78, 5) is 15.6. The lowest BCUT2D eigenvalue weighted by molar-refractivity contribution is -0.137. The molecule has 1 N–H and O–H groups in total. The van der Waals surface area contributed by atoms with Crippen LogP contribution >= 0.6 is 0 Å². The summed E-state index contributed by atoms with van der Waals surface area (Å²) in [7, 11) is 0. The van der Waals surface area contributed by atoms with E-state index in [0.717, 1.165) is 18.2 Å². The number of anilines is 1. The summed E-state index contributed by atoms with van der Waals surface area (Å²) in [5.41, 5.74) is -2.07. The van der Waals surface area contributed by atoms with Crippen molar-refractivity contribution in [3.63, 3.8) is 0 Å². The van der Waals surface area contributed by atoms with Gasteiger partial charge in [-0.3, -0.25) is 0 Å². The van der Waals surface area contributed by atoms with E-state index < -0.39 is 22.9 Å². The maximum absolute atomic E-state index is 12.6. The van der Waals surface area contributed by atoms with Gasteiger partial charge in [-0.25, -0.2) is 4.79 Å². The van der Waals surface area contributed by atoms with Crippen molar-refractivity contribution in [1.82, 2.24) is 4.98 Å². The molecule has 0 saturated carbocycles. The fraction of sp³-hybridized carbons (Fsp3) is 0.385. The van der Waals surface area contributed by atoms with Crippen molar-refractivity contribution in [2.24, 2.45) is 0 Å². The smallest absolute Gasteiger partial charge is 0.389 e. The summed E-state index contributed by atoms with van der Waals surface area (Å²) in [6.07, 6.45) is -4.48. The lowest BCUT2D eigenvalue weighted by Crippen LogP contribution is -2.27. The molecule has 2 aromatic rings. The van der Waals surface area contributed by atoms with Crippen LogP contribution < -0.4 is 10.9 Å². The van der Waals surface area contributed by atoms with Crippen molar-refractivity contribution in [3.8, 4) is 0 Å². The Kier molecular flexibility index (Phi) is 3.23. The van der Waals surface area contributed by atoms with Gasteiger partial charge < -0.3 is 9.73 Å². The standard InChI is InChI=1S/C13H13F3N2O2/c1-12(2,3)18-11-17-9-6-7(13(14,15)16)4-5-8(9)10(19)20-11/h4-6H,1-3H3,(H,17,18). The predicted octanol–water partition coefficient (Wildman–Crippen LogP) is 3.42. The maximum Gasteiger partial charge on any atom is 0.416 e. The second kappa shape index (κ2) is 4.50. The number of alkyl halides is 3. The van der Waals surface area contributed by atoms with E-state index in [4.69, 9.17) is 4.42 Å². The van der Waals surface area contributed by atoms with E-state index in [1.54, 1.807) is 0 Å². The molecular formula is C13H13F3N2O2. The van der Waals surface area contributed by atoms with Gasteiger partial charge in [-0.15, -0.1) is 0 Å². The van der Waals surface area contributed by atoms with Crippen molar-refractivity contribution in [1.29, 1.82) is 0 Å². The van der Waals surface area contributed by atoms with Crippen LogP contribution in [-0.2, 0) is 6.18 Å². The van der Waals surface area contributed by atoms with E-state index in [1.807, 2.05) is 20.8 Å². The topological polar surface area (TPSA) is 55.1 Å². The molecule has 1 aromatic carbocycles. The van der Waals surface area contributed by atoms with Gasteiger partial charge in [-0.2, -0.15) is 18.2 Å². The first-order chi connectivity index (χ1) is 9.06. The molecule has 7 heteroatoms. The van der Waals surface area contributed by atoms with Crippen LogP contribution in [0.15, 0.2) is 27.4 Å². The third-order valence-corrected chi connectivity index (χ3v) is 2.44. The summed E-state index contributed by atoms with van der Waals surface area (Å²) in [5, 5.41) is 2.82. The third-order valence-electron chi connectivity index (χ3n) is 2.44. The van der Waals surface area contributed by atoms with Gasteiger partial charge in [0.15, 0.2) is 0 Å². The zero-order chi connectivity index (χ0) is 15.1. The molecule has 0 aliphatic rings. The number of hydrogen-bond acceptors (Lipinski definition) is 4. The highest BCUT2D eigenvalue weighted by atomic mass is 19.4. The average molecular weight is 286 g/mol. The van der Waals surface area contributed by atoms with Crippen LogP contribution in [0.4, 0.5) is 19.2 Å². The van der Waals surface area contributed by atoms with Gasteiger partial charge in [0.25, 0.3) is 6.01 Å². The van der Waals surface area contributed by atoms with Crippen LogP contribution in [0.3, 0.4) is 0 Å². The third kappa shape index (κ3) is 3.09. The minimum Gasteiger partial charge on any atom is -0.389 e. The lowest BCUT2D eigenvalue weighted by atomic mass is 10.1. The van der Waals surface area contributed by atoms with Crippen LogP contribution in [0.25, 0.3) is 10.9 Å². The Morgan fingerprint density at radius 1 is 1.20 bits per heavy atom. The molecule has 0 bridgehead atoms. The van der Waals surface area contributed by atoms with Crippen LogP contribution in [0.5, 0.6) is 0 Å². The summed E-state index contributed by atoms with van der Waals surface area (Å²) in [5.74, 6) is 0. The molecule has 0 spiro atoms. The van der Waals surface area contributed by atoms with E-state index in [2.05, 4.69) is 10.3 Å². The lowest BCUT2D eigenvalue weighted by Gasteiger charge is -2.19. The van der Waals surface area contributed by atoms with Gasteiger partial charge in [-0.05, 0) is 39.0 Å². The largest absolute Gasteiger partial charge is 0.416 e. The number of fused-ring (bicyclic) bond motifs is 1. The molecule has 0 atom stereocenters. The molecule has 0 amide bonds. The number of halogens is 3. The van der Waals surface area contributed by atoms with Gasteiger partial charge in [0.1, 0.15) is 0 Å². The Bertz CT molecular complexity index is 699. The number of aromatic nitrogens is 1. The zero-order valence-corrected chi connectivity index (χ0v) is 11.1. The number of benzene rings is 1. The molecule has 2 rings (SSSR count). The predicted molar refractivity (Wildman–Crippen MR) is 68.7 cm³/mol. The molecule has 0 aliphatic heterocycles. The van der Waals surface area contributed by atoms with Gasteiger partial charge in [0.2, 0.25) is 0 Å². The minimum atomic E-state index is -4.48. The molecule has 108 valence electrons. The zero-order valence-electron chi connectivity index (χ0n) is 11.1. The van der Waals surface area contributed by atoms with Crippen molar-refractivity contribution in [2.45, 2.75) is 32.5 Å². The Morgan fingerprint density at radius 3 is 2.40 bits per heavy atom. The SMILES string of the molecule is CC(C)(C)Nc1nc2cc(C(F)(F)F)ccc2c(=O)o1. The fourth-order valence-electron chi connectivity index (χ4n) is 1.62. The normalized spacial score (nSPS) is 12.7. The van der Waals surface area contributed by atoms with Crippen LogP contribution in [-0.4, -0.2) is 10.5 Å². The van der Waals surface area contributed by atoms with Crippen LogP contribution in [0.2, 0.25) is 0 Å². The molecule has 0 saturated heterocycles. The first-order valence-corrected chi connectivity index (χ1v) is 5.86. The highest BCUT2D eigenvalue weighted by Crippen LogP contribution is 2.30. The molecule has 1 aromatic heterocycles. The summed E-state index contributed by atoms with van der Waals surface area (Å²) < 4.78 is 42.9. The number of nitrogens with one attached hydrogen (secondary N) is 1. The first kappa shape index (κ1) is 14.4. The Morgan fingerprint density at radius 2 is 1.85 bits per heavy atom. The Balaban J connectivity index is 2.59. The number of rotatable bonds is 1. The monoisotopic (exact) mass is 286 g/mol. The molecule has 0 fully saturated rings. The summed E-state index contributed by atoms with van der Waals surface area (Å²) in [6.45, 7) is 5.43. The molecule has 4 nitrogen and oxygen atoms in total. The van der Waals surface area contributed by atoms with Crippen molar-refractivity contribution in [3.05, 3.63) is 34.2 Å². The average Bonchev–Trinajstić information content (AvgIpc) is 2.24. The van der Waals surface area contributed by atoms with E-state index in [0.29, 0.717) is 0 Å². The van der Waals surface area contributed by atoms with E-state index in [1.165, 1.54) is 0 Å². The molecule has 20 heavy (non-hydrogen) atoms. The molecule has 1 heterocycles. The van der Waals surface area contributed by atoms with Gasteiger partial charge in [-0.1, -0.05) is 0 Å². The summed E-state index contributed by atoms with van der Waals surface area (Å²) >= 11 is 0. The van der Waals surface area contributed by atoms with E-state index in [9.17, 15) is 18.0 Å². The maximum atomic E-state index is 12.6. The van der Waals surface area contributed by atoms with Gasteiger partial charge in [0.05, 0.1) is 16.5 Å². The Hall–Kier alpha value is -2.05. The molecule has 0 radical (unpaired) electrons.